The van der Waals surface area contributed by atoms with Gasteiger partial charge in [0.05, 0.1) is 16.9 Å². The van der Waals surface area contributed by atoms with Crippen LogP contribution in [0.15, 0.2) is 36.4 Å². The van der Waals surface area contributed by atoms with Gasteiger partial charge < -0.3 is 10.2 Å². The second kappa shape index (κ2) is 5.27. The molecule has 1 aliphatic rings. The Morgan fingerprint density at radius 1 is 1.14 bits per heavy atom. The van der Waals surface area contributed by atoms with Gasteiger partial charge in [0.2, 0.25) is 0 Å². The number of anilines is 2. The molecule has 2 aromatic rings. The highest BCUT2D eigenvalue weighted by Crippen LogP contribution is 2.38. The van der Waals surface area contributed by atoms with E-state index in [1.54, 1.807) is 0 Å². The summed E-state index contributed by atoms with van der Waals surface area (Å²) in [5.74, 6) is -1.63. The Morgan fingerprint density at radius 3 is 2.59 bits per heavy atom. The first-order chi connectivity index (χ1) is 10.4. The minimum atomic E-state index is -0.818. The van der Waals surface area contributed by atoms with E-state index in [4.69, 9.17) is 0 Å². The number of rotatable bonds is 2. The number of aryl methyl sites for hydroxylation is 1. The van der Waals surface area contributed by atoms with Crippen LogP contribution in [0.3, 0.4) is 0 Å². The van der Waals surface area contributed by atoms with Crippen LogP contribution in [0.25, 0.3) is 0 Å². The molecule has 0 saturated carbocycles. The lowest BCUT2D eigenvalue weighted by molar-refractivity contribution is 0.462. The van der Waals surface area contributed by atoms with Gasteiger partial charge >= 0.3 is 0 Å². The Bertz CT molecular complexity index is 710. The molecule has 0 aliphatic carbocycles. The van der Waals surface area contributed by atoms with Crippen LogP contribution in [0.4, 0.5) is 20.2 Å². The number of hydrogen-bond acceptors (Lipinski definition) is 2. The van der Waals surface area contributed by atoms with Gasteiger partial charge in [-0.15, -0.1) is 0 Å². The molecular weight excluding hydrogens is 282 g/mol. The first kappa shape index (κ1) is 14.8. The number of nitrogens with one attached hydrogen (secondary N) is 1. The molecule has 2 aromatic carbocycles. The van der Waals surface area contributed by atoms with E-state index in [2.05, 4.69) is 49.2 Å². The highest BCUT2D eigenvalue weighted by atomic mass is 19.2. The minimum Gasteiger partial charge on any atom is -0.381 e. The summed E-state index contributed by atoms with van der Waals surface area (Å²) in [6.07, 6.45) is 0. The van der Waals surface area contributed by atoms with E-state index in [-0.39, 0.29) is 5.54 Å². The Morgan fingerprint density at radius 2 is 1.86 bits per heavy atom. The van der Waals surface area contributed by atoms with Crippen LogP contribution < -0.4 is 10.2 Å². The van der Waals surface area contributed by atoms with Crippen LogP contribution in [-0.4, -0.2) is 12.1 Å². The second-order valence-corrected chi connectivity index (χ2v) is 6.52. The van der Waals surface area contributed by atoms with Crippen LogP contribution in [0.1, 0.15) is 25.0 Å². The summed E-state index contributed by atoms with van der Waals surface area (Å²) in [4.78, 5) is 2.14. The predicted molar refractivity (Wildman–Crippen MR) is 86.3 cm³/mol. The molecule has 0 atom stereocenters. The van der Waals surface area contributed by atoms with Crippen LogP contribution in [-0.2, 0) is 6.54 Å². The Balaban J connectivity index is 2.03. The molecule has 2 nitrogen and oxygen atoms in total. The van der Waals surface area contributed by atoms with Crippen molar-refractivity contribution < 1.29 is 8.78 Å². The van der Waals surface area contributed by atoms with E-state index < -0.39 is 11.6 Å². The third-order valence-corrected chi connectivity index (χ3v) is 4.19. The van der Waals surface area contributed by atoms with Gasteiger partial charge in [0.1, 0.15) is 0 Å². The quantitative estimate of drug-likeness (QED) is 0.879. The van der Waals surface area contributed by atoms with Gasteiger partial charge in [-0.2, -0.15) is 0 Å². The second-order valence-electron chi connectivity index (χ2n) is 6.52. The number of hydrogen-bond donors (Lipinski definition) is 1. The highest BCUT2D eigenvalue weighted by Gasteiger charge is 2.33. The summed E-state index contributed by atoms with van der Waals surface area (Å²) in [5, 5.41) is 3.20. The molecule has 1 heterocycles. The molecule has 0 unspecified atom stereocenters. The van der Waals surface area contributed by atoms with Crippen molar-refractivity contribution in [1.82, 2.24) is 0 Å². The van der Waals surface area contributed by atoms with Gasteiger partial charge in [-0.25, -0.2) is 8.78 Å². The van der Waals surface area contributed by atoms with Crippen LogP contribution in [0.5, 0.6) is 0 Å². The van der Waals surface area contributed by atoms with Gasteiger partial charge in [0, 0.05) is 25.2 Å². The van der Waals surface area contributed by atoms with Crippen molar-refractivity contribution in [3.63, 3.8) is 0 Å². The average molecular weight is 302 g/mol. The molecule has 1 aliphatic heterocycles. The van der Waals surface area contributed by atoms with E-state index in [1.807, 2.05) is 6.07 Å². The number of nitrogens with zero attached hydrogens (tertiary/aromatic N) is 1. The molecule has 1 N–H and O–H groups in total. The maximum absolute atomic E-state index is 13.7. The first-order valence-electron chi connectivity index (χ1n) is 7.43. The molecule has 0 spiro atoms. The Kier molecular flexibility index (Phi) is 3.55. The summed E-state index contributed by atoms with van der Waals surface area (Å²) in [6, 6.07) is 10.8. The number of halogens is 2. The van der Waals surface area contributed by atoms with E-state index in [1.165, 1.54) is 17.7 Å². The van der Waals surface area contributed by atoms with Gasteiger partial charge in [-0.1, -0.05) is 29.8 Å². The maximum Gasteiger partial charge on any atom is 0.161 e. The SMILES string of the molecule is Cc1cccc(CN2c3cc(F)c(F)cc3NCC2(C)C)c1. The van der Waals surface area contributed by atoms with Crippen LogP contribution in [0.2, 0.25) is 0 Å². The van der Waals surface area contributed by atoms with Crippen molar-refractivity contribution in [2.24, 2.45) is 0 Å². The van der Waals surface area contributed by atoms with Crippen molar-refractivity contribution in [2.45, 2.75) is 32.9 Å². The zero-order chi connectivity index (χ0) is 15.9. The predicted octanol–water partition coefficient (Wildman–Crippen LogP) is 4.48. The molecule has 3 rings (SSSR count). The zero-order valence-corrected chi connectivity index (χ0v) is 13.1. The van der Waals surface area contributed by atoms with E-state index >= 15 is 0 Å². The summed E-state index contributed by atoms with van der Waals surface area (Å²) in [6.45, 7) is 7.58. The molecule has 0 radical (unpaired) electrons. The third kappa shape index (κ3) is 2.65. The zero-order valence-electron chi connectivity index (χ0n) is 13.1. The molecular formula is C18H20F2N2. The lowest BCUT2D eigenvalue weighted by atomic mass is 9.96. The van der Waals surface area contributed by atoms with Crippen molar-refractivity contribution in [3.8, 4) is 0 Å². The van der Waals surface area contributed by atoms with Crippen LogP contribution >= 0.6 is 0 Å². The van der Waals surface area contributed by atoms with Gasteiger partial charge in [-0.05, 0) is 26.3 Å². The largest absolute Gasteiger partial charge is 0.381 e. The lowest BCUT2D eigenvalue weighted by Crippen LogP contribution is -2.51. The molecule has 0 aromatic heterocycles. The smallest absolute Gasteiger partial charge is 0.161 e. The van der Waals surface area contributed by atoms with Crippen molar-refractivity contribution >= 4 is 11.4 Å². The average Bonchev–Trinajstić information content (AvgIpc) is 2.45. The van der Waals surface area contributed by atoms with Gasteiger partial charge in [0.25, 0.3) is 0 Å². The molecule has 0 saturated heterocycles. The third-order valence-electron chi connectivity index (χ3n) is 4.19. The summed E-state index contributed by atoms with van der Waals surface area (Å²) < 4.78 is 27.2. The lowest BCUT2D eigenvalue weighted by Gasteiger charge is -2.45. The fourth-order valence-corrected chi connectivity index (χ4v) is 2.93. The molecule has 22 heavy (non-hydrogen) atoms. The van der Waals surface area contributed by atoms with Crippen molar-refractivity contribution in [3.05, 3.63) is 59.2 Å². The summed E-state index contributed by atoms with van der Waals surface area (Å²) >= 11 is 0. The molecule has 116 valence electrons. The monoisotopic (exact) mass is 302 g/mol. The molecule has 4 heteroatoms. The Hall–Kier alpha value is -2.10. The Labute approximate surface area is 129 Å². The minimum absolute atomic E-state index is 0.193. The van der Waals surface area contributed by atoms with Crippen molar-refractivity contribution in [2.75, 3.05) is 16.8 Å². The highest BCUT2D eigenvalue weighted by molar-refractivity contribution is 5.74. The molecule has 0 amide bonds. The van der Waals surface area contributed by atoms with Gasteiger partial charge in [0.15, 0.2) is 11.6 Å². The first-order valence-corrected chi connectivity index (χ1v) is 7.43. The fraction of sp³-hybridized carbons (Fsp3) is 0.333. The molecule has 0 fully saturated rings. The molecule has 0 bridgehead atoms. The summed E-state index contributed by atoms with van der Waals surface area (Å²) in [7, 11) is 0. The number of benzene rings is 2. The van der Waals surface area contributed by atoms with Crippen LogP contribution in [0, 0.1) is 18.6 Å². The van der Waals surface area contributed by atoms with Gasteiger partial charge in [-0.3, -0.25) is 0 Å². The van der Waals surface area contributed by atoms with E-state index in [0.717, 1.165) is 5.56 Å². The maximum atomic E-state index is 13.7. The fourth-order valence-electron chi connectivity index (χ4n) is 2.93. The van der Waals surface area contributed by atoms with E-state index in [9.17, 15) is 8.78 Å². The standard InChI is InChI=1S/C18H20F2N2/c1-12-5-4-6-13(7-12)10-22-17-9-15(20)14(19)8-16(17)21-11-18(22,2)3/h4-9,21H,10-11H2,1-3H3. The van der Waals surface area contributed by atoms with Crippen molar-refractivity contribution in [1.29, 1.82) is 0 Å². The topological polar surface area (TPSA) is 15.3 Å². The normalized spacial score (nSPS) is 16.1. The summed E-state index contributed by atoms with van der Waals surface area (Å²) in [5.41, 5.74) is 3.50. The van der Waals surface area contributed by atoms with E-state index in [0.29, 0.717) is 24.5 Å². The number of fused-ring (bicyclic) bond motifs is 1.